The number of benzene rings is 3. The summed E-state index contributed by atoms with van der Waals surface area (Å²) in [5.74, 6) is -0.215. The average molecular weight is 473 g/mol. The first kappa shape index (κ1) is 22.4. The first-order valence-electron chi connectivity index (χ1n) is 9.42. The number of carbonyl (C=O) groups excluding carboxylic acids is 1. The zero-order chi connectivity index (χ0) is 23.8. The highest BCUT2D eigenvalue weighted by molar-refractivity contribution is 8.04. The van der Waals surface area contributed by atoms with Gasteiger partial charge in [0.1, 0.15) is 0 Å². The van der Waals surface area contributed by atoms with Crippen LogP contribution in [0.3, 0.4) is 0 Å². The van der Waals surface area contributed by atoms with Crippen molar-refractivity contribution in [3.05, 3.63) is 92.4 Å². The monoisotopic (exact) mass is 473 g/mol. The molecule has 0 atom stereocenters. The standard InChI is InChI=1S/C23H14F3NO5S/c1-31-19-10-13(11-21-22(28)15-4-2-3-5-20(15)33-21)6-8-18(19)32-17-9-7-14(23(24,25)26)12-16(17)27(29)30/h2-12H,1H3/b21-11+. The van der Waals surface area contributed by atoms with E-state index in [0.717, 1.165) is 11.0 Å². The Hall–Kier alpha value is -3.79. The van der Waals surface area contributed by atoms with Gasteiger partial charge in [-0.3, -0.25) is 14.9 Å². The van der Waals surface area contributed by atoms with E-state index in [9.17, 15) is 28.1 Å². The maximum absolute atomic E-state index is 12.9. The van der Waals surface area contributed by atoms with E-state index in [0.29, 0.717) is 28.2 Å². The quantitative estimate of drug-likeness (QED) is 0.232. The fourth-order valence-corrected chi connectivity index (χ4v) is 4.24. The number of Topliss-reactive ketones (excluding diaryl/α,β-unsaturated/α-hetero) is 1. The summed E-state index contributed by atoms with van der Waals surface area (Å²) in [6.07, 6.45) is -3.05. The fourth-order valence-electron chi connectivity index (χ4n) is 3.19. The Bertz CT molecular complexity index is 1300. The SMILES string of the molecule is COc1cc(/C=C2/Sc3ccccc3C2=O)ccc1Oc1ccc(C(F)(F)F)cc1[N+](=O)[O-]. The molecular formula is C23H14F3NO5S. The number of nitro benzene ring substituents is 1. The van der Waals surface area contributed by atoms with E-state index in [2.05, 4.69) is 0 Å². The van der Waals surface area contributed by atoms with E-state index in [1.165, 1.54) is 24.9 Å². The average Bonchev–Trinajstić information content (AvgIpc) is 3.09. The van der Waals surface area contributed by atoms with Crippen molar-refractivity contribution in [3.8, 4) is 17.2 Å². The number of carbonyl (C=O) groups is 1. The number of thioether (sulfide) groups is 1. The zero-order valence-electron chi connectivity index (χ0n) is 16.9. The van der Waals surface area contributed by atoms with Crippen LogP contribution in [0.15, 0.2) is 70.5 Å². The summed E-state index contributed by atoms with van der Waals surface area (Å²) in [5, 5.41) is 11.3. The van der Waals surface area contributed by atoms with Gasteiger partial charge >= 0.3 is 11.9 Å². The van der Waals surface area contributed by atoms with Crippen molar-refractivity contribution in [3.63, 3.8) is 0 Å². The van der Waals surface area contributed by atoms with Crippen molar-refractivity contribution < 1.29 is 32.4 Å². The van der Waals surface area contributed by atoms with Crippen molar-refractivity contribution in [1.29, 1.82) is 0 Å². The molecule has 0 aromatic heterocycles. The Morgan fingerprint density at radius 3 is 2.39 bits per heavy atom. The van der Waals surface area contributed by atoms with Gasteiger partial charge in [-0.2, -0.15) is 13.2 Å². The summed E-state index contributed by atoms with van der Waals surface area (Å²) in [4.78, 5) is 24.3. The summed E-state index contributed by atoms with van der Waals surface area (Å²) in [7, 11) is 1.35. The lowest BCUT2D eigenvalue weighted by Crippen LogP contribution is -2.06. The number of nitro groups is 1. The third kappa shape index (κ3) is 4.56. The largest absolute Gasteiger partial charge is 0.493 e. The number of ketones is 1. The number of halogens is 3. The molecule has 0 fully saturated rings. The highest BCUT2D eigenvalue weighted by Gasteiger charge is 2.33. The predicted octanol–water partition coefficient (Wildman–Crippen LogP) is 6.74. The number of hydrogen-bond acceptors (Lipinski definition) is 6. The van der Waals surface area contributed by atoms with E-state index in [1.807, 2.05) is 12.1 Å². The van der Waals surface area contributed by atoms with E-state index < -0.39 is 22.4 Å². The van der Waals surface area contributed by atoms with Gasteiger partial charge in [-0.15, -0.1) is 0 Å². The zero-order valence-corrected chi connectivity index (χ0v) is 17.7. The molecule has 0 saturated heterocycles. The van der Waals surface area contributed by atoms with Crippen molar-refractivity contribution in [2.45, 2.75) is 11.1 Å². The van der Waals surface area contributed by atoms with Gasteiger partial charge in [0.2, 0.25) is 11.5 Å². The topological polar surface area (TPSA) is 78.7 Å². The first-order chi connectivity index (χ1) is 15.7. The molecule has 1 aliphatic heterocycles. The smallest absolute Gasteiger partial charge is 0.416 e. The number of methoxy groups -OCH3 is 1. The van der Waals surface area contributed by atoms with Crippen LogP contribution in [0.4, 0.5) is 18.9 Å². The Morgan fingerprint density at radius 2 is 1.73 bits per heavy atom. The molecule has 0 radical (unpaired) electrons. The fraction of sp³-hybridized carbons (Fsp3) is 0.0870. The summed E-state index contributed by atoms with van der Waals surface area (Å²) >= 11 is 1.34. The normalized spacial score (nSPS) is 14.3. The Morgan fingerprint density at radius 1 is 1.00 bits per heavy atom. The minimum Gasteiger partial charge on any atom is -0.493 e. The molecule has 0 aliphatic carbocycles. The van der Waals surface area contributed by atoms with E-state index in [4.69, 9.17) is 9.47 Å². The van der Waals surface area contributed by atoms with Crippen LogP contribution < -0.4 is 9.47 Å². The molecule has 1 heterocycles. The highest BCUT2D eigenvalue weighted by Crippen LogP contribution is 2.43. The van der Waals surface area contributed by atoms with Crippen LogP contribution in [0, 0.1) is 10.1 Å². The number of hydrogen-bond donors (Lipinski definition) is 0. The molecule has 1 aliphatic rings. The van der Waals surface area contributed by atoms with E-state index >= 15 is 0 Å². The second-order valence-electron chi connectivity index (χ2n) is 6.89. The Labute approximate surface area is 189 Å². The van der Waals surface area contributed by atoms with Gasteiger partial charge in [0.25, 0.3) is 0 Å². The summed E-state index contributed by atoms with van der Waals surface area (Å²) in [6, 6.07) is 13.9. The summed E-state index contributed by atoms with van der Waals surface area (Å²) < 4.78 is 49.6. The Kier molecular flexibility index (Phi) is 5.86. The van der Waals surface area contributed by atoms with Crippen LogP contribution in [0.2, 0.25) is 0 Å². The van der Waals surface area contributed by atoms with Crippen LogP contribution in [0.5, 0.6) is 17.2 Å². The maximum Gasteiger partial charge on any atom is 0.416 e. The third-order valence-electron chi connectivity index (χ3n) is 4.76. The lowest BCUT2D eigenvalue weighted by molar-refractivity contribution is -0.385. The summed E-state index contributed by atoms with van der Waals surface area (Å²) in [6.45, 7) is 0. The number of fused-ring (bicyclic) bond motifs is 1. The van der Waals surface area contributed by atoms with Gasteiger partial charge < -0.3 is 9.47 Å². The number of alkyl halides is 3. The van der Waals surface area contributed by atoms with Crippen molar-refractivity contribution in [2.24, 2.45) is 0 Å². The van der Waals surface area contributed by atoms with Gasteiger partial charge in [-0.25, -0.2) is 0 Å². The molecule has 10 heteroatoms. The third-order valence-corrected chi connectivity index (χ3v) is 5.86. The number of nitrogens with zero attached hydrogens (tertiary/aromatic N) is 1. The Balaban J connectivity index is 1.64. The molecule has 0 saturated carbocycles. The maximum atomic E-state index is 12.9. The lowest BCUT2D eigenvalue weighted by Gasteiger charge is -2.13. The molecule has 168 valence electrons. The van der Waals surface area contributed by atoms with Crippen molar-refractivity contribution >= 4 is 29.3 Å². The van der Waals surface area contributed by atoms with Crippen LogP contribution in [0.25, 0.3) is 6.08 Å². The molecule has 0 unspecified atom stereocenters. The second-order valence-corrected chi connectivity index (χ2v) is 7.97. The van der Waals surface area contributed by atoms with E-state index in [-0.39, 0.29) is 23.0 Å². The van der Waals surface area contributed by atoms with Gasteiger partial charge in [0.05, 0.1) is 22.5 Å². The molecule has 33 heavy (non-hydrogen) atoms. The molecular weight excluding hydrogens is 459 g/mol. The van der Waals surface area contributed by atoms with Crippen molar-refractivity contribution in [2.75, 3.05) is 7.11 Å². The molecule has 4 rings (SSSR count). The van der Waals surface area contributed by atoms with Gasteiger partial charge in [-0.05, 0) is 48.0 Å². The molecule has 0 amide bonds. The summed E-state index contributed by atoms with van der Waals surface area (Å²) in [5.41, 5.74) is -0.751. The molecule has 0 bridgehead atoms. The van der Waals surface area contributed by atoms with E-state index in [1.54, 1.807) is 30.3 Å². The first-order valence-corrected chi connectivity index (χ1v) is 10.2. The van der Waals surface area contributed by atoms with Crippen LogP contribution in [-0.4, -0.2) is 17.8 Å². The highest BCUT2D eigenvalue weighted by atomic mass is 32.2. The minimum atomic E-state index is -4.73. The minimum absolute atomic E-state index is 0.0659. The number of rotatable bonds is 5. The molecule has 0 N–H and O–H groups in total. The molecule has 3 aromatic carbocycles. The van der Waals surface area contributed by atoms with Crippen LogP contribution >= 0.6 is 11.8 Å². The van der Waals surface area contributed by atoms with Crippen LogP contribution in [-0.2, 0) is 6.18 Å². The van der Waals surface area contributed by atoms with Crippen LogP contribution in [0.1, 0.15) is 21.5 Å². The second kappa shape index (κ2) is 8.62. The molecule has 6 nitrogen and oxygen atoms in total. The predicted molar refractivity (Wildman–Crippen MR) is 116 cm³/mol. The van der Waals surface area contributed by atoms with Crippen molar-refractivity contribution in [1.82, 2.24) is 0 Å². The van der Waals surface area contributed by atoms with Gasteiger partial charge in [0, 0.05) is 16.5 Å². The van der Waals surface area contributed by atoms with Gasteiger partial charge in [-0.1, -0.05) is 30.0 Å². The lowest BCUT2D eigenvalue weighted by atomic mass is 10.1. The number of allylic oxidation sites excluding steroid dienone is 1. The molecule has 0 spiro atoms. The number of ether oxygens (including phenoxy) is 2. The van der Waals surface area contributed by atoms with Gasteiger partial charge in [0.15, 0.2) is 11.5 Å². The molecule has 3 aromatic rings.